The molecular formula is C11H9F3N4O2. The summed E-state index contributed by atoms with van der Waals surface area (Å²) in [5, 5.41) is 3.70. The maximum atomic E-state index is 12.6. The van der Waals surface area contributed by atoms with E-state index in [2.05, 4.69) is 16.7 Å². The van der Waals surface area contributed by atoms with E-state index in [1.54, 1.807) is 0 Å². The highest BCUT2D eigenvalue weighted by atomic mass is 19.4. The number of esters is 1. The Labute approximate surface area is 110 Å². The van der Waals surface area contributed by atoms with Gasteiger partial charge in [-0.1, -0.05) is 12.7 Å². The van der Waals surface area contributed by atoms with Gasteiger partial charge in [0.2, 0.25) is 0 Å². The Morgan fingerprint density at radius 2 is 2.25 bits per heavy atom. The molecule has 0 saturated carbocycles. The standard InChI is InChI=1S/C11H9F3N4O2/c1-2-5-20-10(19)7-8(15)17-18-4-3-6(11(12,13)14)16-9(7)18/h2-4H,1,5H2,(H2,15,17). The zero-order valence-corrected chi connectivity index (χ0v) is 10.0. The second-order valence-electron chi connectivity index (χ2n) is 3.73. The Balaban J connectivity index is 2.55. The highest BCUT2D eigenvalue weighted by Gasteiger charge is 2.33. The first-order valence-electron chi connectivity index (χ1n) is 5.34. The van der Waals surface area contributed by atoms with Gasteiger partial charge in [-0.25, -0.2) is 14.3 Å². The number of hydrogen-bond donors (Lipinski definition) is 1. The van der Waals surface area contributed by atoms with Crippen LogP contribution in [0, 0.1) is 0 Å². The van der Waals surface area contributed by atoms with E-state index in [9.17, 15) is 18.0 Å². The smallest absolute Gasteiger partial charge is 0.433 e. The van der Waals surface area contributed by atoms with Crippen LogP contribution in [-0.2, 0) is 10.9 Å². The molecule has 0 unspecified atom stereocenters. The average molecular weight is 286 g/mol. The summed E-state index contributed by atoms with van der Waals surface area (Å²) in [6, 6.07) is 0.734. The third-order valence-electron chi connectivity index (χ3n) is 2.34. The van der Waals surface area contributed by atoms with Crippen molar-refractivity contribution in [2.45, 2.75) is 6.18 Å². The SMILES string of the molecule is C=CCOC(=O)c1c(N)nn2ccc(C(F)(F)F)nc12. The molecule has 0 bridgehead atoms. The van der Waals surface area contributed by atoms with Gasteiger partial charge in [-0.05, 0) is 6.07 Å². The van der Waals surface area contributed by atoms with Crippen LogP contribution in [0.25, 0.3) is 5.65 Å². The molecule has 2 N–H and O–H groups in total. The Hall–Kier alpha value is -2.58. The average Bonchev–Trinajstić information content (AvgIpc) is 2.69. The number of ether oxygens (including phenoxy) is 1. The normalized spacial score (nSPS) is 11.6. The second-order valence-corrected chi connectivity index (χ2v) is 3.73. The molecule has 106 valence electrons. The van der Waals surface area contributed by atoms with E-state index in [1.165, 1.54) is 6.08 Å². The van der Waals surface area contributed by atoms with Gasteiger partial charge >= 0.3 is 12.1 Å². The zero-order chi connectivity index (χ0) is 14.9. The van der Waals surface area contributed by atoms with E-state index in [4.69, 9.17) is 10.5 Å². The predicted molar refractivity (Wildman–Crippen MR) is 62.9 cm³/mol. The molecule has 0 aromatic carbocycles. The fourth-order valence-corrected chi connectivity index (χ4v) is 1.51. The number of nitrogen functional groups attached to an aromatic ring is 1. The fourth-order valence-electron chi connectivity index (χ4n) is 1.51. The quantitative estimate of drug-likeness (QED) is 0.685. The lowest BCUT2D eigenvalue weighted by Crippen LogP contribution is -2.11. The molecule has 9 heteroatoms. The van der Waals surface area contributed by atoms with E-state index >= 15 is 0 Å². The minimum absolute atomic E-state index is 0.103. The molecule has 20 heavy (non-hydrogen) atoms. The number of rotatable bonds is 3. The van der Waals surface area contributed by atoms with Crippen molar-refractivity contribution in [2.24, 2.45) is 0 Å². The molecule has 2 rings (SSSR count). The molecule has 0 atom stereocenters. The summed E-state index contributed by atoms with van der Waals surface area (Å²) >= 11 is 0. The van der Waals surface area contributed by atoms with Gasteiger partial charge in [-0.3, -0.25) is 0 Å². The number of nitrogens with zero attached hydrogens (tertiary/aromatic N) is 3. The minimum atomic E-state index is -4.64. The van der Waals surface area contributed by atoms with Crippen LogP contribution in [-0.4, -0.2) is 27.2 Å². The number of nitrogens with two attached hydrogens (primary N) is 1. The largest absolute Gasteiger partial charge is 0.458 e. The van der Waals surface area contributed by atoms with Crippen molar-refractivity contribution in [3.63, 3.8) is 0 Å². The number of carbonyl (C=O) groups excluding carboxylic acids is 1. The number of halogens is 3. The number of hydrogen-bond acceptors (Lipinski definition) is 5. The van der Waals surface area contributed by atoms with Crippen molar-refractivity contribution in [1.29, 1.82) is 0 Å². The highest BCUT2D eigenvalue weighted by Crippen LogP contribution is 2.28. The number of aromatic nitrogens is 3. The molecule has 2 heterocycles. The third-order valence-corrected chi connectivity index (χ3v) is 2.34. The topological polar surface area (TPSA) is 82.5 Å². The molecule has 0 aliphatic rings. The van der Waals surface area contributed by atoms with Crippen LogP contribution in [0.5, 0.6) is 0 Å². The van der Waals surface area contributed by atoms with Crippen LogP contribution in [0.4, 0.5) is 19.0 Å². The molecule has 0 radical (unpaired) electrons. The summed E-state index contributed by atoms with van der Waals surface area (Å²) in [6.07, 6.45) is -2.30. The summed E-state index contributed by atoms with van der Waals surface area (Å²) in [5.41, 5.74) is 3.73. The lowest BCUT2D eigenvalue weighted by molar-refractivity contribution is -0.141. The lowest BCUT2D eigenvalue weighted by atomic mass is 10.3. The van der Waals surface area contributed by atoms with E-state index in [0.717, 1.165) is 16.8 Å². The van der Waals surface area contributed by atoms with Crippen molar-refractivity contribution in [1.82, 2.24) is 14.6 Å². The van der Waals surface area contributed by atoms with Crippen molar-refractivity contribution in [3.05, 3.63) is 36.2 Å². The number of alkyl halides is 3. The van der Waals surface area contributed by atoms with Crippen molar-refractivity contribution < 1.29 is 22.7 Å². The maximum absolute atomic E-state index is 12.6. The summed E-state index contributed by atoms with van der Waals surface area (Å²) in [6.45, 7) is 3.25. The number of carbonyl (C=O) groups is 1. The molecule has 0 fully saturated rings. The molecule has 0 aliphatic carbocycles. The van der Waals surface area contributed by atoms with Crippen LogP contribution >= 0.6 is 0 Å². The van der Waals surface area contributed by atoms with Crippen LogP contribution in [0.2, 0.25) is 0 Å². The first-order chi connectivity index (χ1) is 9.34. The van der Waals surface area contributed by atoms with E-state index < -0.39 is 17.8 Å². The molecule has 6 nitrogen and oxygen atoms in total. The molecule has 0 saturated heterocycles. The van der Waals surface area contributed by atoms with Crippen LogP contribution in [0.3, 0.4) is 0 Å². The Morgan fingerprint density at radius 3 is 2.85 bits per heavy atom. The lowest BCUT2D eigenvalue weighted by Gasteiger charge is -2.05. The van der Waals surface area contributed by atoms with Gasteiger partial charge in [0.25, 0.3) is 0 Å². The molecule has 0 amide bonds. The first kappa shape index (κ1) is 13.8. The van der Waals surface area contributed by atoms with Crippen molar-refractivity contribution in [3.8, 4) is 0 Å². The van der Waals surface area contributed by atoms with Crippen LogP contribution in [0.15, 0.2) is 24.9 Å². The molecule has 0 aliphatic heterocycles. The van der Waals surface area contributed by atoms with Gasteiger partial charge in [0.15, 0.2) is 11.5 Å². The monoisotopic (exact) mass is 286 g/mol. The van der Waals surface area contributed by atoms with Gasteiger partial charge in [0.1, 0.15) is 17.9 Å². The Morgan fingerprint density at radius 1 is 1.55 bits per heavy atom. The summed E-state index contributed by atoms with van der Waals surface area (Å²) in [7, 11) is 0. The fraction of sp³-hybridized carbons (Fsp3) is 0.182. The Bertz CT molecular complexity index is 678. The summed E-state index contributed by atoms with van der Waals surface area (Å²) < 4.78 is 43.5. The van der Waals surface area contributed by atoms with Gasteiger partial charge in [0.05, 0.1) is 0 Å². The van der Waals surface area contributed by atoms with Crippen molar-refractivity contribution in [2.75, 3.05) is 12.3 Å². The van der Waals surface area contributed by atoms with E-state index in [0.29, 0.717) is 0 Å². The second kappa shape index (κ2) is 4.83. The van der Waals surface area contributed by atoms with Crippen LogP contribution in [0.1, 0.15) is 16.1 Å². The molecular weight excluding hydrogens is 277 g/mol. The number of anilines is 1. The van der Waals surface area contributed by atoms with Crippen molar-refractivity contribution >= 4 is 17.4 Å². The van der Waals surface area contributed by atoms with Gasteiger partial charge in [-0.15, -0.1) is 5.10 Å². The van der Waals surface area contributed by atoms with Crippen LogP contribution < -0.4 is 5.73 Å². The predicted octanol–water partition coefficient (Wildman–Crippen LogP) is 1.67. The first-order valence-corrected chi connectivity index (χ1v) is 5.34. The molecule has 2 aromatic heterocycles. The number of fused-ring (bicyclic) bond motifs is 1. The van der Waals surface area contributed by atoms with Gasteiger partial charge in [-0.2, -0.15) is 13.2 Å². The maximum Gasteiger partial charge on any atom is 0.433 e. The molecule has 2 aromatic rings. The van der Waals surface area contributed by atoms with E-state index in [1.807, 2.05) is 0 Å². The summed E-state index contributed by atoms with van der Waals surface area (Å²) in [4.78, 5) is 15.1. The molecule has 0 spiro atoms. The highest BCUT2D eigenvalue weighted by molar-refractivity contribution is 6.00. The zero-order valence-electron chi connectivity index (χ0n) is 10.0. The third kappa shape index (κ3) is 2.42. The van der Waals surface area contributed by atoms with Gasteiger partial charge in [0, 0.05) is 6.20 Å². The van der Waals surface area contributed by atoms with E-state index in [-0.39, 0.29) is 23.6 Å². The minimum Gasteiger partial charge on any atom is -0.458 e. The Kier molecular flexibility index (Phi) is 3.35. The summed E-state index contributed by atoms with van der Waals surface area (Å²) in [5.74, 6) is -1.17. The van der Waals surface area contributed by atoms with Gasteiger partial charge < -0.3 is 10.5 Å².